The molecule has 0 atom stereocenters. The number of hydrogen-bond donors (Lipinski definition) is 1. The Morgan fingerprint density at radius 1 is 1.08 bits per heavy atom. The number of nitrogens with one attached hydrogen (secondary N) is 1. The maximum absolute atomic E-state index is 12.0. The maximum Gasteiger partial charge on any atom is 0.220 e. The number of rotatable bonds is 7. The number of ether oxygens (including phenoxy) is 2. The zero-order valence-corrected chi connectivity index (χ0v) is 14.5. The Morgan fingerprint density at radius 3 is 2.71 bits per heavy atom. The van der Waals surface area contributed by atoms with Crippen molar-refractivity contribution >= 4 is 5.91 Å². The Bertz CT molecular complexity index is 538. The van der Waals surface area contributed by atoms with Gasteiger partial charge < -0.3 is 14.8 Å². The lowest BCUT2D eigenvalue weighted by atomic mass is 9.86. The topological polar surface area (TPSA) is 47.6 Å². The predicted molar refractivity (Wildman–Crippen MR) is 94.6 cm³/mol. The molecule has 1 fully saturated rings. The minimum absolute atomic E-state index is 0.184. The number of hydrogen-bond acceptors (Lipinski definition) is 3. The van der Waals surface area contributed by atoms with E-state index in [1.165, 1.54) is 44.1 Å². The highest BCUT2D eigenvalue weighted by Crippen LogP contribution is 2.31. The average molecular weight is 331 g/mol. The van der Waals surface area contributed by atoms with Gasteiger partial charge in [-0.2, -0.15) is 0 Å². The summed E-state index contributed by atoms with van der Waals surface area (Å²) in [6.07, 6.45) is 10.6. The largest absolute Gasteiger partial charge is 0.486 e. The van der Waals surface area contributed by atoms with Gasteiger partial charge in [0.15, 0.2) is 11.5 Å². The third-order valence-electron chi connectivity index (χ3n) is 5.08. The van der Waals surface area contributed by atoms with Crippen LogP contribution in [0.4, 0.5) is 0 Å². The van der Waals surface area contributed by atoms with Crippen LogP contribution >= 0.6 is 0 Å². The van der Waals surface area contributed by atoms with Crippen molar-refractivity contribution < 1.29 is 14.3 Å². The van der Waals surface area contributed by atoms with E-state index in [2.05, 4.69) is 5.32 Å². The molecule has 0 bridgehead atoms. The Labute approximate surface area is 144 Å². The van der Waals surface area contributed by atoms with Crippen LogP contribution in [-0.4, -0.2) is 25.7 Å². The first-order valence-corrected chi connectivity index (χ1v) is 9.46. The van der Waals surface area contributed by atoms with Crippen LogP contribution in [0.25, 0.3) is 0 Å². The molecule has 1 aliphatic heterocycles. The molecule has 1 aliphatic carbocycles. The van der Waals surface area contributed by atoms with Gasteiger partial charge in [0.1, 0.15) is 13.2 Å². The molecule has 2 aliphatic rings. The Morgan fingerprint density at radius 2 is 1.88 bits per heavy atom. The van der Waals surface area contributed by atoms with Gasteiger partial charge in [-0.1, -0.05) is 38.2 Å². The standard InChI is InChI=1S/C20H29NO3/c22-20(8-4-7-16-5-2-1-3-6-16)21-12-11-17-9-10-18-19(15-17)24-14-13-23-18/h9-10,15-16H,1-8,11-14H2,(H,21,22). The van der Waals surface area contributed by atoms with Crippen LogP contribution in [0.3, 0.4) is 0 Å². The summed E-state index contributed by atoms with van der Waals surface area (Å²) in [7, 11) is 0. The van der Waals surface area contributed by atoms with Crippen molar-refractivity contribution in [2.45, 2.75) is 57.8 Å². The van der Waals surface area contributed by atoms with Crippen molar-refractivity contribution in [1.82, 2.24) is 5.32 Å². The fourth-order valence-corrected chi connectivity index (χ4v) is 3.71. The fourth-order valence-electron chi connectivity index (χ4n) is 3.71. The molecule has 1 saturated carbocycles. The molecular formula is C20H29NO3. The maximum atomic E-state index is 12.0. The summed E-state index contributed by atoms with van der Waals surface area (Å²) in [5, 5.41) is 3.04. The van der Waals surface area contributed by atoms with Crippen LogP contribution in [0, 0.1) is 5.92 Å². The lowest BCUT2D eigenvalue weighted by Crippen LogP contribution is -2.25. The van der Waals surface area contributed by atoms with Gasteiger partial charge in [0, 0.05) is 13.0 Å². The lowest BCUT2D eigenvalue weighted by molar-refractivity contribution is -0.121. The Balaban J connectivity index is 1.31. The highest BCUT2D eigenvalue weighted by atomic mass is 16.6. The smallest absolute Gasteiger partial charge is 0.220 e. The van der Waals surface area contributed by atoms with Gasteiger partial charge in [0.05, 0.1) is 0 Å². The first-order valence-electron chi connectivity index (χ1n) is 9.46. The number of carbonyl (C=O) groups is 1. The monoisotopic (exact) mass is 331 g/mol. The Kier molecular flexibility index (Phi) is 6.39. The molecule has 1 amide bonds. The second kappa shape index (κ2) is 8.95. The SMILES string of the molecule is O=C(CCCC1CCCCC1)NCCc1ccc2c(c1)OCCO2. The predicted octanol–water partition coefficient (Wildman–Crippen LogP) is 3.87. The highest BCUT2D eigenvalue weighted by Gasteiger charge is 2.14. The molecule has 1 N–H and O–H groups in total. The summed E-state index contributed by atoms with van der Waals surface area (Å²) < 4.78 is 11.1. The van der Waals surface area contributed by atoms with E-state index >= 15 is 0 Å². The molecule has 1 aromatic rings. The van der Waals surface area contributed by atoms with E-state index in [-0.39, 0.29) is 5.91 Å². The summed E-state index contributed by atoms with van der Waals surface area (Å²) >= 11 is 0. The van der Waals surface area contributed by atoms with Crippen molar-refractivity contribution in [3.8, 4) is 11.5 Å². The molecule has 0 saturated heterocycles. The van der Waals surface area contributed by atoms with Crippen molar-refractivity contribution in [2.75, 3.05) is 19.8 Å². The van der Waals surface area contributed by atoms with E-state index in [0.29, 0.717) is 26.2 Å². The molecule has 132 valence electrons. The highest BCUT2D eigenvalue weighted by molar-refractivity contribution is 5.75. The van der Waals surface area contributed by atoms with E-state index in [1.807, 2.05) is 18.2 Å². The van der Waals surface area contributed by atoms with E-state index in [1.54, 1.807) is 0 Å². The van der Waals surface area contributed by atoms with Crippen molar-refractivity contribution in [3.63, 3.8) is 0 Å². The van der Waals surface area contributed by atoms with Crippen LogP contribution in [0.15, 0.2) is 18.2 Å². The Hall–Kier alpha value is -1.71. The number of benzene rings is 1. The van der Waals surface area contributed by atoms with E-state index in [9.17, 15) is 4.79 Å². The molecule has 1 aromatic carbocycles. The third kappa shape index (κ3) is 5.15. The third-order valence-corrected chi connectivity index (χ3v) is 5.08. The van der Waals surface area contributed by atoms with Crippen LogP contribution in [0.2, 0.25) is 0 Å². The molecule has 0 radical (unpaired) electrons. The molecule has 1 heterocycles. The van der Waals surface area contributed by atoms with E-state index in [0.717, 1.165) is 30.3 Å². The summed E-state index contributed by atoms with van der Waals surface area (Å²) in [5.74, 6) is 2.68. The molecule has 3 rings (SSSR count). The van der Waals surface area contributed by atoms with Crippen molar-refractivity contribution in [2.24, 2.45) is 5.92 Å². The van der Waals surface area contributed by atoms with Crippen LogP contribution in [0.5, 0.6) is 11.5 Å². The van der Waals surface area contributed by atoms with Crippen LogP contribution in [-0.2, 0) is 11.2 Å². The average Bonchev–Trinajstić information content (AvgIpc) is 2.62. The minimum atomic E-state index is 0.184. The molecular weight excluding hydrogens is 302 g/mol. The van der Waals surface area contributed by atoms with Crippen LogP contribution < -0.4 is 14.8 Å². The van der Waals surface area contributed by atoms with Gasteiger partial charge in [0.2, 0.25) is 5.91 Å². The zero-order chi connectivity index (χ0) is 16.6. The zero-order valence-electron chi connectivity index (χ0n) is 14.5. The first-order chi connectivity index (χ1) is 11.8. The summed E-state index contributed by atoms with van der Waals surface area (Å²) in [6, 6.07) is 6.02. The number of fused-ring (bicyclic) bond motifs is 1. The van der Waals surface area contributed by atoms with Gasteiger partial charge >= 0.3 is 0 Å². The van der Waals surface area contributed by atoms with Gasteiger partial charge in [-0.25, -0.2) is 0 Å². The lowest BCUT2D eigenvalue weighted by Gasteiger charge is -2.21. The summed E-state index contributed by atoms with van der Waals surface area (Å²) in [6.45, 7) is 1.90. The molecule has 0 spiro atoms. The fraction of sp³-hybridized carbons (Fsp3) is 0.650. The number of amides is 1. The number of carbonyl (C=O) groups excluding carboxylic acids is 1. The van der Waals surface area contributed by atoms with Gasteiger partial charge in [-0.3, -0.25) is 4.79 Å². The second-order valence-corrected chi connectivity index (χ2v) is 6.97. The first kappa shape index (κ1) is 17.1. The molecule has 4 nitrogen and oxygen atoms in total. The van der Waals surface area contributed by atoms with E-state index < -0.39 is 0 Å². The quantitative estimate of drug-likeness (QED) is 0.825. The molecule has 4 heteroatoms. The second-order valence-electron chi connectivity index (χ2n) is 6.97. The summed E-state index contributed by atoms with van der Waals surface area (Å²) in [4.78, 5) is 12.0. The van der Waals surface area contributed by atoms with Gasteiger partial charge in [-0.15, -0.1) is 0 Å². The normalized spacial score (nSPS) is 17.5. The molecule has 0 aromatic heterocycles. The van der Waals surface area contributed by atoms with Gasteiger partial charge in [0.25, 0.3) is 0 Å². The minimum Gasteiger partial charge on any atom is -0.486 e. The molecule has 24 heavy (non-hydrogen) atoms. The summed E-state index contributed by atoms with van der Waals surface area (Å²) in [5.41, 5.74) is 1.17. The van der Waals surface area contributed by atoms with Crippen LogP contribution in [0.1, 0.15) is 56.9 Å². The van der Waals surface area contributed by atoms with Gasteiger partial charge in [-0.05, 0) is 42.9 Å². The molecule has 0 unspecified atom stereocenters. The van der Waals surface area contributed by atoms with E-state index in [4.69, 9.17) is 9.47 Å². The van der Waals surface area contributed by atoms with Crippen molar-refractivity contribution in [3.05, 3.63) is 23.8 Å². The van der Waals surface area contributed by atoms with Crippen molar-refractivity contribution in [1.29, 1.82) is 0 Å².